The third-order valence-corrected chi connectivity index (χ3v) is 4.67. The minimum Gasteiger partial charge on any atom is -0.494 e. The van der Waals surface area contributed by atoms with Crippen LogP contribution < -0.4 is 21.1 Å². The predicted molar refractivity (Wildman–Crippen MR) is 113 cm³/mol. The fourth-order valence-electron chi connectivity index (χ4n) is 3.31. The van der Waals surface area contributed by atoms with Crippen LogP contribution in [0.1, 0.15) is 34.5 Å². The molecule has 0 saturated heterocycles. The highest BCUT2D eigenvalue weighted by molar-refractivity contribution is 6.07. The third kappa shape index (κ3) is 4.07. The molecular formula is C22H26N4O2. The topological polar surface area (TPSA) is 89.3 Å². The Bertz CT molecular complexity index is 970. The molecule has 1 heterocycles. The zero-order valence-corrected chi connectivity index (χ0v) is 16.5. The summed E-state index contributed by atoms with van der Waals surface area (Å²) in [5.41, 5.74) is 9.64. The molecule has 1 atom stereocenters. The number of amides is 1. The highest BCUT2D eigenvalue weighted by atomic mass is 16.5. The Labute approximate surface area is 165 Å². The Kier molecular flexibility index (Phi) is 6.11. The molecule has 0 fully saturated rings. The van der Waals surface area contributed by atoms with E-state index >= 15 is 0 Å². The lowest BCUT2D eigenvalue weighted by molar-refractivity contribution is 0.100. The van der Waals surface area contributed by atoms with Gasteiger partial charge in [-0.15, -0.1) is 0 Å². The summed E-state index contributed by atoms with van der Waals surface area (Å²) < 4.78 is 5.54. The number of anilines is 1. The summed E-state index contributed by atoms with van der Waals surface area (Å²) in [5, 5.41) is 7.75. The Morgan fingerprint density at radius 2 is 1.96 bits per heavy atom. The molecule has 146 valence electrons. The molecule has 28 heavy (non-hydrogen) atoms. The minimum absolute atomic E-state index is 0.0298. The lowest BCUT2D eigenvalue weighted by atomic mass is 10.0. The van der Waals surface area contributed by atoms with Crippen molar-refractivity contribution >= 4 is 22.5 Å². The zero-order valence-electron chi connectivity index (χ0n) is 16.5. The van der Waals surface area contributed by atoms with E-state index in [1.807, 2.05) is 45.2 Å². The molecular weight excluding hydrogens is 352 g/mol. The van der Waals surface area contributed by atoms with Crippen LogP contribution in [0.2, 0.25) is 0 Å². The van der Waals surface area contributed by atoms with Crippen LogP contribution in [0, 0.1) is 6.92 Å². The number of primary amides is 1. The summed E-state index contributed by atoms with van der Waals surface area (Å²) in [6.45, 7) is 5.34. The van der Waals surface area contributed by atoms with Crippen LogP contribution in [0.25, 0.3) is 10.9 Å². The maximum absolute atomic E-state index is 11.8. The highest BCUT2D eigenvalue weighted by Crippen LogP contribution is 2.31. The van der Waals surface area contributed by atoms with E-state index in [1.54, 1.807) is 12.3 Å². The number of hydrogen-bond acceptors (Lipinski definition) is 5. The van der Waals surface area contributed by atoms with E-state index in [0.29, 0.717) is 17.7 Å². The van der Waals surface area contributed by atoms with Gasteiger partial charge in [-0.3, -0.25) is 9.78 Å². The maximum Gasteiger partial charge on any atom is 0.250 e. The number of fused-ring (bicyclic) bond motifs is 1. The van der Waals surface area contributed by atoms with E-state index < -0.39 is 5.91 Å². The van der Waals surface area contributed by atoms with Gasteiger partial charge in [0.2, 0.25) is 0 Å². The van der Waals surface area contributed by atoms with Crippen molar-refractivity contribution in [2.75, 3.05) is 25.5 Å². The summed E-state index contributed by atoms with van der Waals surface area (Å²) in [6.07, 6.45) is 1.77. The van der Waals surface area contributed by atoms with Gasteiger partial charge < -0.3 is 21.1 Å². The molecule has 0 aliphatic carbocycles. The first-order valence-corrected chi connectivity index (χ1v) is 9.37. The number of carbonyl (C=O) groups is 1. The number of rotatable bonds is 8. The van der Waals surface area contributed by atoms with Gasteiger partial charge in [-0.1, -0.05) is 24.3 Å². The van der Waals surface area contributed by atoms with E-state index in [4.69, 9.17) is 10.5 Å². The van der Waals surface area contributed by atoms with E-state index in [9.17, 15) is 4.79 Å². The predicted octanol–water partition coefficient (Wildman–Crippen LogP) is 3.41. The van der Waals surface area contributed by atoms with Crippen molar-refractivity contribution in [2.45, 2.75) is 19.9 Å². The number of nitrogens with zero attached hydrogens (tertiary/aromatic N) is 1. The summed E-state index contributed by atoms with van der Waals surface area (Å²) >= 11 is 0. The number of aryl methyl sites for hydroxylation is 1. The van der Waals surface area contributed by atoms with Crippen LogP contribution in [0.4, 0.5) is 5.69 Å². The minimum atomic E-state index is -0.480. The molecule has 0 spiro atoms. The van der Waals surface area contributed by atoms with Gasteiger partial charge in [0.15, 0.2) is 0 Å². The van der Waals surface area contributed by atoms with Crippen LogP contribution in [-0.2, 0) is 0 Å². The van der Waals surface area contributed by atoms with Crippen molar-refractivity contribution < 1.29 is 9.53 Å². The van der Waals surface area contributed by atoms with Crippen molar-refractivity contribution in [2.24, 2.45) is 5.73 Å². The van der Waals surface area contributed by atoms with Gasteiger partial charge in [-0.25, -0.2) is 0 Å². The van der Waals surface area contributed by atoms with Gasteiger partial charge >= 0.3 is 0 Å². The Balaban J connectivity index is 2.01. The summed E-state index contributed by atoms with van der Waals surface area (Å²) in [7, 11) is 1.92. The number of hydrogen-bond donors (Lipinski definition) is 3. The molecule has 0 radical (unpaired) electrons. The molecule has 0 aliphatic heterocycles. The molecule has 0 saturated carbocycles. The molecule has 6 nitrogen and oxygen atoms in total. The van der Waals surface area contributed by atoms with E-state index in [2.05, 4.69) is 27.8 Å². The van der Waals surface area contributed by atoms with Gasteiger partial charge in [-0.2, -0.15) is 0 Å². The first-order chi connectivity index (χ1) is 13.5. The second kappa shape index (κ2) is 8.71. The number of nitrogens with one attached hydrogen (secondary N) is 2. The zero-order chi connectivity index (χ0) is 20.1. The number of ether oxygens (including phenoxy) is 1. The monoisotopic (exact) mass is 378 g/mol. The number of pyridine rings is 1. The largest absolute Gasteiger partial charge is 0.494 e. The molecule has 2 aromatic carbocycles. The normalized spacial score (nSPS) is 12.0. The van der Waals surface area contributed by atoms with Gasteiger partial charge in [0.05, 0.1) is 23.7 Å². The Morgan fingerprint density at radius 1 is 1.21 bits per heavy atom. The van der Waals surface area contributed by atoms with Crippen LogP contribution in [0.15, 0.2) is 48.7 Å². The summed E-state index contributed by atoms with van der Waals surface area (Å²) in [6, 6.07) is 13.6. The molecule has 0 unspecified atom stereocenters. The van der Waals surface area contributed by atoms with E-state index in [1.165, 1.54) is 0 Å². The lowest BCUT2D eigenvalue weighted by Crippen LogP contribution is -2.24. The number of carbonyl (C=O) groups excluding carboxylic acids is 1. The number of benzene rings is 2. The first-order valence-electron chi connectivity index (χ1n) is 9.37. The third-order valence-electron chi connectivity index (χ3n) is 4.67. The molecule has 0 aliphatic rings. The van der Waals surface area contributed by atoms with Crippen molar-refractivity contribution in [3.8, 4) is 5.75 Å². The molecule has 1 amide bonds. The van der Waals surface area contributed by atoms with Crippen LogP contribution in [0.3, 0.4) is 0 Å². The summed E-state index contributed by atoms with van der Waals surface area (Å²) in [5.74, 6) is 0.372. The number of nitrogens with two attached hydrogens (primary N) is 1. The smallest absolute Gasteiger partial charge is 0.250 e. The van der Waals surface area contributed by atoms with Crippen molar-refractivity contribution in [1.29, 1.82) is 0 Å². The van der Waals surface area contributed by atoms with Gasteiger partial charge in [0, 0.05) is 23.8 Å². The van der Waals surface area contributed by atoms with Crippen molar-refractivity contribution in [1.82, 2.24) is 10.3 Å². The molecule has 0 bridgehead atoms. The first kappa shape index (κ1) is 19.6. The second-order valence-corrected chi connectivity index (χ2v) is 6.64. The molecule has 6 heteroatoms. The highest BCUT2D eigenvalue weighted by Gasteiger charge is 2.17. The van der Waals surface area contributed by atoms with Gasteiger partial charge in [0.1, 0.15) is 5.75 Å². The van der Waals surface area contributed by atoms with Gasteiger partial charge in [0.25, 0.3) is 5.91 Å². The molecule has 3 aromatic rings. The Morgan fingerprint density at radius 3 is 2.61 bits per heavy atom. The Hall–Kier alpha value is -3.12. The number of likely N-dealkylation sites (N-methyl/N-ethyl adjacent to an activating group) is 1. The van der Waals surface area contributed by atoms with E-state index in [-0.39, 0.29) is 6.04 Å². The van der Waals surface area contributed by atoms with E-state index in [0.717, 1.165) is 34.5 Å². The maximum atomic E-state index is 11.8. The lowest BCUT2D eigenvalue weighted by Gasteiger charge is -2.23. The quantitative estimate of drug-likeness (QED) is 0.559. The van der Waals surface area contributed by atoms with Crippen molar-refractivity contribution in [3.63, 3.8) is 0 Å². The van der Waals surface area contributed by atoms with Crippen LogP contribution in [0.5, 0.6) is 5.75 Å². The fourth-order valence-corrected chi connectivity index (χ4v) is 3.31. The SMILES string of the molecule is CCOc1ccc([C@@H](CNC)Nc2c(C)cnc3c(C(N)=O)cccc23)cc1. The standard InChI is InChI=1S/C22H26N4O2/c1-4-28-16-10-8-15(9-11-16)19(13-24-3)26-20-14(2)12-25-21-17(20)6-5-7-18(21)22(23)27/h5-12,19,24H,4,13H2,1-3H3,(H2,23,27)(H,25,26)/t19-/m1/s1. The molecule has 4 N–H and O–H groups in total. The molecule has 1 aromatic heterocycles. The average molecular weight is 378 g/mol. The van der Waals surface area contributed by atoms with Crippen LogP contribution >= 0.6 is 0 Å². The van der Waals surface area contributed by atoms with Crippen LogP contribution in [-0.4, -0.2) is 31.1 Å². The molecule has 3 rings (SSSR count). The fraction of sp³-hybridized carbons (Fsp3) is 0.273. The number of para-hydroxylation sites is 1. The number of aromatic nitrogens is 1. The average Bonchev–Trinajstić information content (AvgIpc) is 2.69. The van der Waals surface area contributed by atoms with Crippen molar-refractivity contribution in [3.05, 3.63) is 65.4 Å². The summed E-state index contributed by atoms with van der Waals surface area (Å²) in [4.78, 5) is 16.2. The van der Waals surface area contributed by atoms with Gasteiger partial charge in [-0.05, 0) is 50.2 Å². The second-order valence-electron chi connectivity index (χ2n) is 6.64.